The molecule has 0 aliphatic carbocycles. The minimum atomic E-state index is 0.532. The van der Waals surface area contributed by atoms with Gasteiger partial charge in [0.05, 0.1) is 5.56 Å². The Kier molecular flexibility index (Phi) is 4.31. The summed E-state index contributed by atoms with van der Waals surface area (Å²) in [4.78, 5) is 0. The molecule has 0 saturated carbocycles. The van der Waals surface area contributed by atoms with E-state index in [4.69, 9.17) is 4.42 Å². The number of aromatic nitrogens is 2. The van der Waals surface area contributed by atoms with Crippen molar-refractivity contribution in [3.63, 3.8) is 0 Å². The fraction of sp³-hybridized carbons (Fsp3) is 0.273. The second-order valence-corrected chi connectivity index (χ2v) is 5.25. The van der Waals surface area contributed by atoms with Gasteiger partial charge < -0.3 is 9.73 Å². The first-order valence-corrected chi connectivity index (χ1v) is 6.71. The van der Waals surface area contributed by atoms with Gasteiger partial charge in [-0.3, -0.25) is 0 Å². The van der Waals surface area contributed by atoms with Crippen molar-refractivity contribution < 1.29 is 4.42 Å². The van der Waals surface area contributed by atoms with E-state index in [-0.39, 0.29) is 0 Å². The molecule has 1 aromatic heterocycles. The van der Waals surface area contributed by atoms with Crippen molar-refractivity contribution in [3.05, 3.63) is 33.0 Å². The smallest absolute Gasteiger partial charge is 0.248 e. The van der Waals surface area contributed by atoms with Crippen molar-refractivity contribution in [1.29, 1.82) is 0 Å². The van der Waals surface area contributed by atoms with E-state index in [0.717, 1.165) is 27.5 Å². The fourth-order valence-corrected chi connectivity index (χ4v) is 2.13. The summed E-state index contributed by atoms with van der Waals surface area (Å²) >= 11 is 6.89. The lowest BCUT2D eigenvalue weighted by Gasteiger charge is -1.99. The lowest BCUT2D eigenvalue weighted by Crippen LogP contribution is -2.10. The Morgan fingerprint density at radius 1 is 1.29 bits per heavy atom. The lowest BCUT2D eigenvalue weighted by atomic mass is 10.2. The Morgan fingerprint density at radius 3 is 2.88 bits per heavy atom. The van der Waals surface area contributed by atoms with Gasteiger partial charge in [-0.1, -0.05) is 15.9 Å². The van der Waals surface area contributed by atoms with Gasteiger partial charge in [0.2, 0.25) is 11.8 Å². The number of nitrogens with zero attached hydrogens (tertiary/aromatic N) is 2. The molecule has 17 heavy (non-hydrogen) atoms. The summed E-state index contributed by atoms with van der Waals surface area (Å²) in [5, 5.41) is 11.1. The molecule has 0 saturated heterocycles. The minimum Gasteiger partial charge on any atom is -0.421 e. The highest BCUT2D eigenvalue weighted by atomic mass is 79.9. The van der Waals surface area contributed by atoms with Crippen LogP contribution in [0.1, 0.15) is 5.89 Å². The van der Waals surface area contributed by atoms with Gasteiger partial charge in [-0.15, -0.1) is 10.2 Å². The van der Waals surface area contributed by atoms with Gasteiger partial charge in [0.15, 0.2) is 0 Å². The summed E-state index contributed by atoms with van der Waals surface area (Å²) < 4.78 is 7.51. The molecule has 0 fully saturated rings. The molecule has 1 N–H and O–H groups in total. The van der Waals surface area contributed by atoms with Gasteiger partial charge in [0, 0.05) is 21.9 Å². The van der Waals surface area contributed by atoms with Crippen LogP contribution in [0.3, 0.4) is 0 Å². The molecule has 0 aliphatic rings. The standard InChI is InChI=1S/C11H11Br2N3O/c1-14-5-4-10-15-16-11(17-10)8-6-7(12)2-3-9(8)13/h2-3,6,14H,4-5H2,1H3. The van der Waals surface area contributed by atoms with Gasteiger partial charge in [-0.25, -0.2) is 0 Å². The fourth-order valence-electron chi connectivity index (χ4n) is 1.36. The predicted molar refractivity (Wildman–Crippen MR) is 72.8 cm³/mol. The second-order valence-electron chi connectivity index (χ2n) is 3.48. The van der Waals surface area contributed by atoms with Crippen LogP contribution in [0.2, 0.25) is 0 Å². The average Bonchev–Trinajstić information content (AvgIpc) is 2.78. The molecule has 90 valence electrons. The van der Waals surface area contributed by atoms with E-state index in [1.807, 2.05) is 25.2 Å². The van der Waals surface area contributed by atoms with E-state index in [1.54, 1.807) is 0 Å². The van der Waals surface area contributed by atoms with Gasteiger partial charge in [-0.2, -0.15) is 0 Å². The summed E-state index contributed by atoms with van der Waals surface area (Å²) in [7, 11) is 1.89. The molecule has 2 rings (SSSR count). The van der Waals surface area contributed by atoms with Crippen LogP contribution in [0.25, 0.3) is 11.5 Å². The van der Waals surface area contributed by atoms with Gasteiger partial charge in [-0.05, 0) is 41.2 Å². The Bertz CT molecular complexity index is 513. The first-order valence-electron chi connectivity index (χ1n) is 5.13. The van der Waals surface area contributed by atoms with Gasteiger partial charge in [0.25, 0.3) is 0 Å². The molecule has 1 aromatic carbocycles. The first-order chi connectivity index (χ1) is 8.20. The third-order valence-electron chi connectivity index (χ3n) is 2.21. The molecule has 2 aromatic rings. The third kappa shape index (κ3) is 3.14. The van der Waals surface area contributed by atoms with E-state index in [9.17, 15) is 0 Å². The summed E-state index contributed by atoms with van der Waals surface area (Å²) in [6.45, 7) is 0.821. The third-order valence-corrected chi connectivity index (χ3v) is 3.40. The quantitative estimate of drug-likeness (QED) is 0.910. The van der Waals surface area contributed by atoms with Crippen molar-refractivity contribution in [3.8, 4) is 11.5 Å². The SMILES string of the molecule is CNCCc1nnc(-c2cc(Br)ccc2Br)o1. The highest BCUT2D eigenvalue weighted by Gasteiger charge is 2.11. The van der Waals surface area contributed by atoms with E-state index in [0.29, 0.717) is 11.8 Å². The van der Waals surface area contributed by atoms with Crippen LogP contribution in [0.5, 0.6) is 0 Å². The number of benzene rings is 1. The Labute approximate surface area is 116 Å². The van der Waals surface area contributed by atoms with Gasteiger partial charge in [0.1, 0.15) is 0 Å². The Balaban J connectivity index is 2.27. The second kappa shape index (κ2) is 5.75. The largest absolute Gasteiger partial charge is 0.421 e. The molecule has 0 radical (unpaired) electrons. The van der Waals surface area contributed by atoms with Crippen LogP contribution < -0.4 is 5.32 Å². The molecule has 0 spiro atoms. The van der Waals surface area contributed by atoms with Gasteiger partial charge >= 0.3 is 0 Å². The molecular formula is C11H11Br2N3O. The molecule has 0 bridgehead atoms. The first kappa shape index (κ1) is 12.7. The molecule has 4 nitrogen and oxygen atoms in total. The summed E-state index contributed by atoms with van der Waals surface area (Å²) in [6, 6.07) is 5.84. The van der Waals surface area contributed by atoms with Crippen LogP contribution in [-0.2, 0) is 6.42 Å². The number of hydrogen-bond acceptors (Lipinski definition) is 4. The van der Waals surface area contributed by atoms with Crippen molar-refractivity contribution in [2.75, 3.05) is 13.6 Å². The summed E-state index contributed by atoms with van der Waals surface area (Å²) in [6.07, 6.45) is 0.731. The van der Waals surface area contributed by atoms with E-state index < -0.39 is 0 Å². The lowest BCUT2D eigenvalue weighted by molar-refractivity contribution is 0.500. The minimum absolute atomic E-state index is 0.532. The number of halogens is 2. The molecule has 1 heterocycles. The molecular weight excluding hydrogens is 350 g/mol. The zero-order chi connectivity index (χ0) is 12.3. The van der Waals surface area contributed by atoms with Crippen LogP contribution in [-0.4, -0.2) is 23.8 Å². The molecule has 6 heteroatoms. The van der Waals surface area contributed by atoms with E-state index in [1.165, 1.54) is 0 Å². The van der Waals surface area contributed by atoms with Crippen LogP contribution in [0.4, 0.5) is 0 Å². The van der Waals surface area contributed by atoms with Crippen molar-refractivity contribution in [2.24, 2.45) is 0 Å². The predicted octanol–water partition coefficient (Wildman–Crippen LogP) is 3.02. The number of rotatable bonds is 4. The summed E-state index contributed by atoms with van der Waals surface area (Å²) in [5.41, 5.74) is 0.891. The van der Waals surface area contributed by atoms with E-state index in [2.05, 4.69) is 47.4 Å². The molecule has 0 amide bonds. The topological polar surface area (TPSA) is 51.0 Å². The maximum Gasteiger partial charge on any atom is 0.248 e. The Hall–Kier alpha value is -0.720. The van der Waals surface area contributed by atoms with Crippen molar-refractivity contribution in [1.82, 2.24) is 15.5 Å². The van der Waals surface area contributed by atoms with E-state index >= 15 is 0 Å². The van der Waals surface area contributed by atoms with Crippen LogP contribution >= 0.6 is 31.9 Å². The molecule has 0 unspecified atom stereocenters. The van der Waals surface area contributed by atoms with Crippen molar-refractivity contribution >= 4 is 31.9 Å². The zero-order valence-corrected chi connectivity index (χ0v) is 12.4. The normalized spacial score (nSPS) is 10.8. The highest BCUT2D eigenvalue weighted by molar-refractivity contribution is 9.11. The number of hydrogen-bond donors (Lipinski definition) is 1. The number of likely N-dealkylation sites (N-methyl/N-ethyl adjacent to an activating group) is 1. The van der Waals surface area contributed by atoms with Crippen LogP contribution in [0.15, 0.2) is 31.6 Å². The summed E-state index contributed by atoms with van der Waals surface area (Å²) in [5.74, 6) is 1.17. The molecule has 0 aliphatic heterocycles. The van der Waals surface area contributed by atoms with Crippen LogP contribution in [0, 0.1) is 0 Å². The van der Waals surface area contributed by atoms with Crippen molar-refractivity contribution in [2.45, 2.75) is 6.42 Å². The maximum atomic E-state index is 5.59. The Morgan fingerprint density at radius 2 is 2.12 bits per heavy atom. The zero-order valence-electron chi connectivity index (χ0n) is 9.20. The number of nitrogens with one attached hydrogen (secondary N) is 1. The highest BCUT2D eigenvalue weighted by Crippen LogP contribution is 2.30. The maximum absolute atomic E-state index is 5.59. The monoisotopic (exact) mass is 359 g/mol. The molecule has 0 atom stereocenters. The average molecular weight is 361 g/mol.